The van der Waals surface area contributed by atoms with Gasteiger partial charge < -0.3 is 16.0 Å². The fourth-order valence-electron chi connectivity index (χ4n) is 2.08. The van der Waals surface area contributed by atoms with Crippen molar-refractivity contribution in [2.24, 2.45) is 0 Å². The molecule has 1 aliphatic rings. The van der Waals surface area contributed by atoms with Gasteiger partial charge in [-0.3, -0.25) is 9.69 Å². The Bertz CT molecular complexity index is 415. The van der Waals surface area contributed by atoms with Crippen molar-refractivity contribution in [1.29, 1.82) is 0 Å². The van der Waals surface area contributed by atoms with Gasteiger partial charge in [0.2, 0.25) is 0 Å². The lowest BCUT2D eigenvalue weighted by Gasteiger charge is -2.27. The van der Waals surface area contributed by atoms with Crippen LogP contribution in [0.15, 0.2) is 12.1 Å². The highest BCUT2D eigenvalue weighted by Gasteiger charge is 2.09. The minimum atomic E-state index is -0.188. The Morgan fingerprint density at radius 1 is 1.35 bits per heavy atom. The first-order chi connectivity index (χ1) is 9.79. The van der Waals surface area contributed by atoms with Crippen molar-refractivity contribution in [1.82, 2.24) is 25.7 Å². The molecule has 2 heterocycles. The zero-order valence-electron chi connectivity index (χ0n) is 11.9. The quantitative estimate of drug-likeness (QED) is 0.653. The van der Waals surface area contributed by atoms with Crippen molar-refractivity contribution >= 4 is 11.7 Å². The summed E-state index contributed by atoms with van der Waals surface area (Å²) in [5, 5.41) is 17.2. The molecular formula is C13H22N6O. The minimum Gasteiger partial charge on any atom is -0.367 e. The van der Waals surface area contributed by atoms with E-state index in [9.17, 15) is 4.79 Å². The predicted octanol–water partition coefficient (Wildman–Crippen LogP) is -0.457. The van der Waals surface area contributed by atoms with E-state index in [2.05, 4.69) is 31.0 Å². The molecule has 2 rings (SSSR count). The molecule has 110 valence electrons. The van der Waals surface area contributed by atoms with E-state index in [-0.39, 0.29) is 5.91 Å². The second kappa shape index (κ2) is 7.76. The lowest BCUT2D eigenvalue weighted by atomic mass is 10.3. The molecule has 0 bridgehead atoms. The van der Waals surface area contributed by atoms with Crippen molar-refractivity contribution in [3.05, 3.63) is 17.8 Å². The number of hydrogen-bond donors (Lipinski definition) is 3. The molecule has 0 radical (unpaired) electrons. The van der Waals surface area contributed by atoms with E-state index in [1.807, 2.05) is 6.92 Å². The van der Waals surface area contributed by atoms with Gasteiger partial charge in [0.15, 0.2) is 5.69 Å². The lowest BCUT2D eigenvalue weighted by Crippen LogP contribution is -2.45. The molecule has 1 fully saturated rings. The number of anilines is 1. The number of nitrogens with one attached hydrogen (secondary N) is 3. The second-order valence-electron chi connectivity index (χ2n) is 4.68. The second-order valence-corrected chi connectivity index (χ2v) is 4.68. The summed E-state index contributed by atoms with van der Waals surface area (Å²) in [6, 6.07) is 3.47. The number of carbonyl (C=O) groups excluding carboxylic acids is 1. The van der Waals surface area contributed by atoms with Gasteiger partial charge in [0.1, 0.15) is 5.82 Å². The molecule has 1 aliphatic heterocycles. The lowest BCUT2D eigenvalue weighted by molar-refractivity contribution is 0.0950. The van der Waals surface area contributed by atoms with Gasteiger partial charge in [-0.2, -0.15) is 0 Å². The Balaban J connectivity index is 1.74. The standard InChI is InChI=1S/C13H22N6O/c1-2-15-13(20)11-3-4-12(18-17-11)16-7-10-19-8-5-14-6-9-19/h3-4,14H,2,5-10H2,1H3,(H,15,20)(H,16,18). The summed E-state index contributed by atoms with van der Waals surface area (Å²) >= 11 is 0. The third kappa shape index (κ3) is 4.43. The topological polar surface area (TPSA) is 82.2 Å². The normalized spacial score (nSPS) is 15.8. The Labute approximate surface area is 119 Å². The first kappa shape index (κ1) is 14.7. The van der Waals surface area contributed by atoms with Gasteiger partial charge in [-0.1, -0.05) is 0 Å². The SMILES string of the molecule is CCNC(=O)c1ccc(NCCN2CCNCC2)nn1. The van der Waals surface area contributed by atoms with Crippen LogP contribution in [0, 0.1) is 0 Å². The van der Waals surface area contributed by atoms with E-state index in [0.717, 1.165) is 39.3 Å². The first-order valence-electron chi connectivity index (χ1n) is 7.08. The van der Waals surface area contributed by atoms with Gasteiger partial charge in [-0.05, 0) is 19.1 Å². The van der Waals surface area contributed by atoms with Crippen molar-refractivity contribution in [2.45, 2.75) is 6.92 Å². The molecule has 0 saturated carbocycles. The molecule has 20 heavy (non-hydrogen) atoms. The van der Waals surface area contributed by atoms with Crippen LogP contribution in [0.2, 0.25) is 0 Å². The molecular weight excluding hydrogens is 256 g/mol. The summed E-state index contributed by atoms with van der Waals surface area (Å²) in [5.41, 5.74) is 0.347. The van der Waals surface area contributed by atoms with Gasteiger partial charge in [-0.15, -0.1) is 10.2 Å². The summed E-state index contributed by atoms with van der Waals surface area (Å²) in [7, 11) is 0. The molecule has 3 N–H and O–H groups in total. The fraction of sp³-hybridized carbons (Fsp3) is 0.615. The van der Waals surface area contributed by atoms with E-state index in [1.165, 1.54) is 0 Å². The van der Waals surface area contributed by atoms with Crippen LogP contribution in [0.5, 0.6) is 0 Å². The van der Waals surface area contributed by atoms with Crippen molar-refractivity contribution in [3.8, 4) is 0 Å². The van der Waals surface area contributed by atoms with E-state index < -0.39 is 0 Å². The molecule has 0 aromatic carbocycles. The average molecular weight is 278 g/mol. The van der Waals surface area contributed by atoms with Gasteiger partial charge in [0.05, 0.1) is 0 Å². The maximum Gasteiger partial charge on any atom is 0.271 e. The number of hydrogen-bond acceptors (Lipinski definition) is 6. The Hall–Kier alpha value is -1.73. The molecule has 0 atom stereocenters. The van der Waals surface area contributed by atoms with Crippen LogP contribution in [-0.2, 0) is 0 Å². The fourth-order valence-corrected chi connectivity index (χ4v) is 2.08. The molecule has 1 saturated heterocycles. The molecule has 7 nitrogen and oxygen atoms in total. The monoisotopic (exact) mass is 278 g/mol. The molecule has 1 aromatic rings. The Morgan fingerprint density at radius 2 is 2.15 bits per heavy atom. The largest absolute Gasteiger partial charge is 0.367 e. The number of aromatic nitrogens is 2. The summed E-state index contributed by atoms with van der Waals surface area (Å²) in [4.78, 5) is 13.9. The van der Waals surface area contributed by atoms with Gasteiger partial charge in [-0.25, -0.2) is 0 Å². The third-order valence-corrected chi connectivity index (χ3v) is 3.18. The van der Waals surface area contributed by atoms with Gasteiger partial charge in [0.25, 0.3) is 5.91 Å². The third-order valence-electron chi connectivity index (χ3n) is 3.18. The van der Waals surface area contributed by atoms with Crippen LogP contribution < -0.4 is 16.0 Å². The molecule has 0 unspecified atom stereocenters. The number of amides is 1. The van der Waals surface area contributed by atoms with Crippen molar-refractivity contribution in [3.63, 3.8) is 0 Å². The molecule has 1 amide bonds. The Kier molecular flexibility index (Phi) is 5.69. The van der Waals surface area contributed by atoms with Crippen molar-refractivity contribution < 1.29 is 4.79 Å². The summed E-state index contributed by atoms with van der Waals surface area (Å²) in [6.07, 6.45) is 0. The van der Waals surface area contributed by atoms with Crippen LogP contribution in [0.3, 0.4) is 0 Å². The highest BCUT2D eigenvalue weighted by molar-refractivity contribution is 5.92. The summed E-state index contributed by atoms with van der Waals surface area (Å²) < 4.78 is 0. The number of carbonyl (C=O) groups is 1. The van der Waals surface area contributed by atoms with Gasteiger partial charge in [0, 0.05) is 45.8 Å². The van der Waals surface area contributed by atoms with Crippen LogP contribution in [0.4, 0.5) is 5.82 Å². The highest BCUT2D eigenvalue weighted by Crippen LogP contribution is 2.02. The number of nitrogens with zero attached hydrogens (tertiary/aromatic N) is 3. The average Bonchev–Trinajstić information content (AvgIpc) is 2.49. The van der Waals surface area contributed by atoms with E-state index in [1.54, 1.807) is 12.1 Å². The molecule has 0 aliphatic carbocycles. The van der Waals surface area contributed by atoms with Crippen LogP contribution in [0.25, 0.3) is 0 Å². The van der Waals surface area contributed by atoms with E-state index in [0.29, 0.717) is 18.1 Å². The smallest absolute Gasteiger partial charge is 0.271 e. The first-order valence-corrected chi connectivity index (χ1v) is 7.08. The van der Waals surface area contributed by atoms with Crippen LogP contribution >= 0.6 is 0 Å². The minimum absolute atomic E-state index is 0.188. The van der Waals surface area contributed by atoms with Crippen molar-refractivity contribution in [2.75, 3.05) is 51.1 Å². The molecule has 0 spiro atoms. The number of piperazine rings is 1. The number of rotatable bonds is 6. The Morgan fingerprint density at radius 3 is 2.80 bits per heavy atom. The van der Waals surface area contributed by atoms with Crippen LogP contribution in [0.1, 0.15) is 17.4 Å². The summed E-state index contributed by atoms with van der Waals surface area (Å²) in [5.74, 6) is 0.514. The predicted molar refractivity (Wildman–Crippen MR) is 77.8 cm³/mol. The van der Waals surface area contributed by atoms with Crippen LogP contribution in [-0.4, -0.2) is 66.8 Å². The maximum atomic E-state index is 11.5. The summed E-state index contributed by atoms with van der Waals surface area (Å²) in [6.45, 7) is 8.56. The van der Waals surface area contributed by atoms with Gasteiger partial charge >= 0.3 is 0 Å². The highest BCUT2D eigenvalue weighted by atomic mass is 16.1. The molecule has 1 aromatic heterocycles. The zero-order chi connectivity index (χ0) is 14.2. The van der Waals surface area contributed by atoms with E-state index in [4.69, 9.17) is 0 Å². The maximum absolute atomic E-state index is 11.5. The zero-order valence-corrected chi connectivity index (χ0v) is 11.9. The van der Waals surface area contributed by atoms with E-state index >= 15 is 0 Å². The molecule has 7 heteroatoms.